The second kappa shape index (κ2) is 13.7. The Morgan fingerprint density at radius 1 is 1.00 bits per heavy atom. The standard InChI is InChI=1S/C22H30N4O3.HI/c1-4-5-12-24-21(27)18-9-6-16(7-10-18)14-25-22(23)26-15-17-8-11-19(28-2)20(13-17)29-3;/h6-11,13H,4-5,12,14-15H2,1-3H3,(H,24,27)(H3,23,25,26);1H. The molecule has 2 rings (SSSR count). The third-order valence-electron chi connectivity index (χ3n) is 4.39. The Morgan fingerprint density at radius 2 is 1.67 bits per heavy atom. The number of aliphatic imine (C=N–C) groups is 1. The number of amides is 1. The predicted molar refractivity (Wildman–Crippen MR) is 131 cm³/mol. The molecule has 0 unspecified atom stereocenters. The van der Waals surface area contributed by atoms with E-state index < -0.39 is 0 Å². The third-order valence-corrected chi connectivity index (χ3v) is 4.39. The van der Waals surface area contributed by atoms with Crippen LogP contribution in [0.4, 0.5) is 0 Å². The number of methoxy groups -OCH3 is 2. The summed E-state index contributed by atoms with van der Waals surface area (Å²) in [6, 6.07) is 13.1. The summed E-state index contributed by atoms with van der Waals surface area (Å²) in [7, 11) is 3.20. The zero-order valence-electron chi connectivity index (χ0n) is 17.7. The zero-order valence-corrected chi connectivity index (χ0v) is 20.1. The smallest absolute Gasteiger partial charge is 0.251 e. The van der Waals surface area contributed by atoms with Crippen LogP contribution in [0.2, 0.25) is 0 Å². The molecule has 0 aliphatic carbocycles. The number of hydrogen-bond donors (Lipinski definition) is 3. The number of halogens is 1. The molecule has 0 aromatic heterocycles. The first kappa shape index (κ1) is 25.5. The van der Waals surface area contributed by atoms with Crippen LogP contribution in [0.3, 0.4) is 0 Å². The van der Waals surface area contributed by atoms with E-state index in [4.69, 9.17) is 15.2 Å². The summed E-state index contributed by atoms with van der Waals surface area (Å²) in [5.74, 6) is 1.63. The lowest BCUT2D eigenvalue weighted by atomic mass is 10.1. The Kier molecular flexibility index (Phi) is 11.7. The van der Waals surface area contributed by atoms with Gasteiger partial charge in [0.25, 0.3) is 5.91 Å². The van der Waals surface area contributed by atoms with Gasteiger partial charge in [-0.15, -0.1) is 24.0 Å². The molecule has 0 atom stereocenters. The van der Waals surface area contributed by atoms with Crippen LogP contribution >= 0.6 is 24.0 Å². The quantitative estimate of drug-likeness (QED) is 0.191. The minimum atomic E-state index is -0.0473. The maximum Gasteiger partial charge on any atom is 0.251 e. The number of hydrogen-bond acceptors (Lipinski definition) is 4. The van der Waals surface area contributed by atoms with Crippen molar-refractivity contribution >= 4 is 35.8 Å². The highest BCUT2D eigenvalue weighted by Gasteiger charge is 2.06. The first-order valence-corrected chi connectivity index (χ1v) is 9.69. The third kappa shape index (κ3) is 8.10. The summed E-state index contributed by atoms with van der Waals surface area (Å²) in [5.41, 5.74) is 8.59. The van der Waals surface area contributed by atoms with Gasteiger partial charge in [0.2, 0.25) is 0 Å². The predicted octanol–water partition coefficient (Wildman–Crippen LogP) is 3.46. The van der Waals surface area contributed by atoms with Crippen molar-refractivity contribution in [1.82, 2.24) is 10.6 Å². The van der Waals surface area contributed by atoms with Crippen molar-refractivity contribution < 1.29 is 14.3 Å². The molecule has 8 heteroatoms. The van der Waals surface area contributed by atoms with Crippen molar-refractivity contribution in [3.8, 4) is 11.5 Å². The van der Waals surface area contributed by atoms with Gasteiger partial charge in [0.15, 0.2) is 17.5 Å². The van der Waals surface area contributed by atoms with Crippen molar-refractivity contribution in [3.05, 3.63) is 59.2 Å². The van der Waals surface area contributed by atoms with Crippen LogP contribution in [-0.4, -0.2) is 32.6 Å². The molecule has 164 valence electrons. The van der Waals surface area contributed by atoms with Crippen LogP contribution in [0, 0.1) is 0 Å². The van der Waals surface area contributed by atoms with E-state index >= 15 is 0 Å². The molecule has 2 aromatic carbocycles. The van der Waals surface area contributed by atoms with E-state index in [9.17, 15) is 4.79 Å². The molecule has 0 spiro atoms. The fourth-order valence-corrected chi connectivity index (χ4v) is 2.66. The van der Waals surface area contributed by atoms with Crippen LogP contribution in [0.15, 0.2) is 47.5 Å². The lowest BCUT2D eigenvalue weighted by Gasteiger charge is -2.09. The number of carbonyl (C=O) groups excluding carboxylic acids is 1. The van der Waals surface area contributed by atoms with Gasteiger partial charge in [-0.25, -0.2) is 4.99 Å². The molecule has 4 N–H and O–H groups in total. The molecule has 30 heavy (non-hydrogen) atoms. The van der Waals surface area contributed by atoms with Gasteiger partial charge >= 0.3 is 0 Å². The molecule has 0 saturated carbocycles. The Bertz CT molecular complexity index is 826. The molecule has 0 aliphatic heterocycles. The largest absolute Gasteiger partial charge is 0.493 e. The first-order valence-electron chi connectivity index (χ1n) is 9.69. The van der Waals surface area contributed by atoms with Crippen LogP contribution in [0.25, 0.3) is 0 Å². The molecule has 0 aliphatic rings. The zero-order chi connectivity index (χ0) is 21.1. The van der Waals surface area contributed by atoms with Crippen molar-refractivity contribution in [2.75, 3.05) is 20.8 Å². The maximum atomic E-state index is 12.0. The Morgan fingerprint density at radius 3 is 2.30 bits per heavy atom. The Labute approximate surface area is 195 Å². The van der Waals surface area contributed by atoms with E-state index in [1.807, 2.05) is 42.5 Å². The van der Waals surface area contributed by atoms with Gasteiger partial charge in [-0.05, 0) is 41.8 Å². The molecule has 2 aromatic rings. The second-order valence-electron chi connectivity index (χ2n) is 6.55. The fourth-order valence-electron chi connectivity index (χ4n) is 2.66. The lowest BCUT2D eigenvalue weighted by Crippen LogP contribution is -2.31. The van der Waals surface area contributed by atoms with E-state index in [0.29, 0.717) is 42.7 Å². The summed E-state index contributed by atoms with van der Waals surface area (Å²) >= 11 is 0. The van der Waals surface area contributed by atoms with E-state index in [2.05, 4.69) is 22.5 Å². The van der Waals surface area contributed by atoms with Crippen LogP contribution < -0.4 is 25.8 Å². The van der Waals surface area contributed by atoms with Crippen molar-refractivity contribution in [1.29, 1.82) is 0 Å². The molecule has 0 heterocycles. The van der Waals surface area contributed by atoms with Gasteiger partial charge < -0.3 is 25.8 Å². The normalized spacial score (nSPS) is 10.7. The van der Waals surface area contributed by atoms with Crippen LogP contribution in [0.1, 0.15) is 41.3 Å². The highest BCUT2D eigenvalue weighted by Crippen LogP contribution is 2.27. The molecular weight excluding hydrogens is 495 g/mol. The molecule has 1 amide bonds. The van der Waals surface area contributed by atoms with E-state index in [1.54, 1.807) is 14.2 Å². The summed E-state index contributed by atoms with van der Waals surface area (Å²) in [5, 5.41) is 5.99. The number of nitrogens with zero attached hydrogens (tertiary/aromatic N) is 1. The molecular formula is C22H31IN4O3. The van der Waals surface area contributed by atoms with Gasteiger partial charge in [0, 0.05) is 18.7 Å². The minimum absolute atomic E-state index is 0. The average molecular weight is 526 g/mol. The number of rotatable bonds is 10. The number of ether oxygens (including phenoxy) is 2. The number of benzene rings is 2. The lowest BCUT2D eigenvalue weighted by molar-refractivity contribution is 0.0953. The minimum Gasteiger partial charge on any atom is -0.493 e. The van der Waals surface area contributed by atoms with Gasteiger partial charge in [-0.3, -0.25) is 4.79 Å². The first-order chi connectivity index (χ1) is 14.1. The number of guanidine groups is 1. The molecule has 0 saturated heterocycles. The highest BCUT2D eigenvalue weighted by molar-refractivity contribution is 14.0. The van der Waals surface area contributed by atoms with Crippen LogP contribution in [-0.2, 0) is 13.1 Å². The second-order valence-corrected chi connectivity index (χ2v) is 6.55. The van der Waals surface area contributed by atoms with Gasteiger partial charge in [0.1, 0.15) is 0 Å². The number of nitrogens with one attached hydrogen (secondary N) is 2. The van der Waals surface area contributed by atoms with E-state index in [1.165, 1.54) is 0 Å². The molecule has 0 bridgehead atoms. The summed E-state index contributed by atoms with van der Waals surface area (Å²) in [4.78, 5) is 16.4. The Hall–Kier alpha value is -2.49. The number of unbranched alkanes of at least 4 members (excludes halogenated alkanes) is 1. The highest BCUT2D eigenvalue weighted by atomic mass is 127. The van der Waals surface area contributed by atoms with Crippen LogP contribution in [0.5, 0.6) is 11.5 Å². The monoisotopic (exact) mass is 526 g/mol. The molecule has 0 fully saturated rings. The summed E-state index contributed by atoms with van der Waals surface area (Å²) in [6.45, 7) is 3.75. The molecule has 0 radical (unpaired) electrons. The Balaban J connectivity index is 0.00000450. The van der Waals surface area contributed by atoms with E-state index in [0.717, 1.165) is 24.0 Å². The van der Waals surface area contributed by atoms with Crippen molar-refractivity contribution in [2.24, 2.45) is 10.7 Å². The van der Waals surface area contributed by atoms with Crippen molar-refractivity contribution in [2.45, 2.75) is 32.9 Å². The average Bonchev–Trinajstić information content (AvgIpc) is 2.76. The fraction of sp³-hybridized carbons (Fsp3) is 0.364. The summed E-state index contributed by atoms with van der Waals surface area (Å²) < 4.78 is 10.5. The SMILES string of the molecule is CCCCNC(=O)c1ccc(CNC(N)=NCc2ccc(OC)c(OC)c2)cc1.I. The maximum absolute atomic E-state index is 12.0. The van der Waals surface area contributed by atoms with Gasteiger partial charge in [0.05, 0.1) is 20.8 Å². The van der Waals surface area contributed by atoms with Crippen molar-refractivity contribution in [3.63, 3.8) is 0 Å². The topological polar surface area (TPSA) is 98.0 Å². The summed E-state index contributed by atoms with van der Waals surface area (Å²) in [6.07, 6.45) is 2.04. The van der Waals surface area contributed by atoms with E-state index in [-0.39, 0.29) is 29.9 Å². The van der Waals surface area contributed by atoms with Gasteiger partial charge in [-0.1, -0.05) is 31.5 Å². The number of nitrogens with two attached hydrogens (primary N) is 1. The molecule has 7 nitrogen and oxygen atoms in total. The number of carbonyl (C=O) groups is 1. The van der Waals surface area contributed by atoms with Gasteiger partial charge in [-0.2, -0.15) is 0 Å².